The lowest BCUT2D eigenvalue weighted by molar-refractivity contribution is 0.795. The fourth-order valence-electron chi connectivity index (χ4n) is 2.16. The van der Waals surface area contributed by atoms with Crippen LogP contribution in [0.15, 0.2) is 42.5 Å². The molecule has 0 fully saturated rings. The molecule has 0 bridgehead atoms. The summed E-state index contributed by atoms with van der Waals surface area (Å²) in [6, 6.07) is 14.9. The molecule has 20 heavy (non-hydrogen) atoms. The van der Waals surface area contributed by atoms with E-state index < -0.39 is 0 Å². The molecular weight excluding hydrogens is 266 g/mol. The molecule has 2 aromatic rings. The Kier molecular flexibility index (Phi) is 5.49. The van der Waals surface area contributed by atoms with Crippen LogP contribution >= 0.6 is 11.6 Å². The van der Waals surface area contributed by atoms with Gasteiger partial charge in [0.25, 0.3) is 0 Å². The van der Waals surface area contributed by atoms with Crippen molar-refractivity contribution in [3.8, 4) is 0 Å². The predicted molar refractivity (Wildman–Crippen MR) is 88.6 cm³/mol. The SMILES string of the molecule is CCCCc1ccc(NCc2ccc(C)cc2Cl)cc1. The normalized spacial score (nSPS) is 10.6. The molecule has 0 unspecified atom stereocenters. The van der Waals surface area contributed by atoms with E-state index in [1.165, 1.54) is 30.4 Å². The van der Waals surface area contributed by atoms with Crippen LogP contribution in [0.25, 0.3) is 0 Å². The highest BCUT2D eigenvalue weighted by Gasteiger charge is 2.01. The first kappa shape index (κ1) is 14.9. The maximum atomic E-state index is 6.24. The number of nitrogens with one attached hydrogen (secondary N) is 1. The van der Waals surface area contributed by atoms with Gasteiger partial charge in [-0.05, 0) is 54.7 Å². The molecule has 0 radical (unpaired) electrons. The third-order valence-electron chi connectivity index (χ3n) is 3.46. The summed E-state index contributed by atoms with van der Waals surface area (Å²) in [4.78, 5) is 0. The summed E-state index contributed by atoms with van der Waals surface area (Å²) in [6.45, 7) is 5.03. The van der Waals surface area contributed by atoms with E-state index in [0.717, 1.165) is 22.8 Å². The minimum Gasteiger partial charge on any atom is -0.381 e. The summed E-state index contributed by atoms with van der Waals surface area (Å²) in [5, 5.41) is 4.25. The topological polar surface area (TPSA) is 12.0 Å². The second-order valence-electron chi connectivity index (χ2n) is 5.25. The smallest absolute Gasteiger partial charge is 0.0458 e. The molecule has 0 aliphatic carbocycles. The molecule has 1 nitrogen and oxygen atoms in total. The minimum absolute atomic E-state index is 0.757. The third kappa shape index (κ3) is 4.28. The van der Waals surface area contributed by atoms with E-state index in [4.69, 9.17) is 11.6 Å². The molecule has 0 aromatic heterocycles. The van der Waals surface area contributed by atoms with E-state index >= 15 is 0 Å². The molecule has 0 saturated carbocycles. The van der Waals surface area contributed by atoms with Crippen molar-refractivity contribution in [1.29, 1.82) is 0 Å². The molecule has 106 valence electrons. The molecule has 0 saturated heterocycles. The van der Waals surface area contributed by atoms with E-state index in [1.54, 1.807) is 0 Å². The molecule has 2 rings (SSSR count). The van der Waals surface area contributed by atoms with Crippen molar-refractivity contribution in [1.82, 2.24) is 0 Å². The van der Waals surface area contributed by atoms with Crippen LogP contribution < -0.4 is 5.32 Å². The van der Waals surface area contributed by atoms with Crippen LogP contribution in [0.5, 0.6) is 0 Å². The molecule has 0 spiro atoms. The van der Waals surface area contributed by atoms with Crippen molar-refractivity contribution < 1.29 is 0 Å². The highest BCUT2D eigenvalue weighted by atomic mass is 35.5. The van der Waals surface area contributed by atoms with E-state index in [1.807, 2.05) is 6.07 Å². The van der Waals surface area contributed by atoms with Gasteiger partial charge in [-0.25, -0.2) is 0 Å². The zero-order valence-electron chi connectivity index (χ0n) is 12.2. The van der Waals surface area contributed by atoms with Crippen LogP contribution in [0.1, 0.15) is 36.5 Å². The first-order valence-electron chi connectivity index (χ1n) is 7.27. The number of benzene rings is 2. The average Bonchev–Trinajstić information content (AvgIpc) is 2.45. The number of hydrogen-bond donors (Lipinski definition) is 1. The highest BCUT2D eigenvalue weighted by molar-refractivity contribution is 6.31. The van der Waals surface area contributed by atoms with E-state index in [9.17, 15) is 0 Å². The maximum Gasteiger partial charge on any atom is 0.0458 e. The number of aryl methyl sites for hydroxylation is 2. The first-order chi connectivity index (χ1) is 9.69. The van der Waals surface area contributed by atoms with Gasteiger partial charge in [-0.3, -0.25) is 0 Å². The Morgan fingerprint density at radius 3 is 2.45 bits per heavy atom. The lowest BCUT2D eigenvalue weighted by Gasteiger charge is -2.09. The molecule has 0 aliphatic heterocycles. The van der Waals surface area contributed by atoms with Crippen molar-refractivity contribution in [2.75, 3.05) is 5.32 Å². The third-order valence-corrected chi connectivity index (χ3v) is 3.82. The first-order valence-corrected chi connectivity index (χ1v) is 7.64. The van der Waals surface area contributed by atoms with Crippen LogP contribution in [-0.2, 0) is 13.0 Å². The van der Waals surface area contributed by atoms with Crippen LogP contribution in [0.2, 0.25) is 5.02 Å². The lowest BCUT2D eigenvalue weighted by atomic mass is 10.1. The standard InChI is InChI=1S/C18H22ClN/c1-3-4-5-15-7-10-17(11-8-15)20-13-16-9-6-14(2)12-18(16)19/h6-12,20H,3-5,13H2,1-2H3. The molecular formula is C18H22ClN. The van der Waals surface area contributed by atoms with Crippen molar-refractivity contribution in [3.05, 3.63) is 64.2 Å². The monoisotopic (exact) mass is 287 g/mol. The molecule has 2 aromatic carbocycles. The van der Waals surface area contributed by atoms with Gasteiger partial charge in [0.2, 0.25) is 0 Å². The molecule has 1 N–H and O–H groups in total. The number of halogens is 1. The summed E-state index contributed by atoms with van der Waals surface area (Å²) in [7, 11) is 0. The molecule has 2 heteroatoms. The second-order valence-corrected chi connectivity index (χ2v) is 5.66. The van der Waals surface area contributed by atoms with Gasteiger partial charge in [-0.15, -0.1) is 0 Å². The van der Waals surface area contributed by atoms with E-state index in [-0.39, 0.29) is 0 Å². The quantitative estimate of drug-likeness (QED) is 0.729. The predicted octanol–water partition coefficient (Wildman–Crippen LogP) is 5.60. The lowest BCUT2D eigenvalue weighted by Crippen LogP contribution is -2.00. The number of hydrogen-bond acceptors (Lipinski definition) is 1. The van der Waals surface area contributed by atoms with Crippen molar-refractivity contribution in [2.45, 2.75) is 39.7 Å². The largest absolute Gasteiger partial charge is 0.381 e. The fraction of sp³-hybridized carbons (Fsp3) is 0.333. The summed E-state index contributed by atoms with van der Waals surface area (Å²) in [5.74, 6) is 0. The number of anilines is 1. The number of rotatable bonds is 6. The van der Waals surface area contributed by atoms with E-state index in [2.05, 4.69) is 55.6 Å². The fourth-order valence-corrected chi connectivity index (χ4v) is 2.47. The van der Waals surface area contributed by atoms with Crippen molar-refractivity contribution >= 4 is 17.3 Å². The van der Waals surface area contributed by atoms with Gasteiger partial charge >= 0.3 is 0 Å². The Hall–Kier alpha value is -1.47. The van der Waals surface area contributed by atoms with Gasteiger partial charge in [0.15, 0.2) is 0 Å². The Balaban J connectivity index is 1.93. The second kappa shape index (κ2) is 7.35. The molecule has 0 amide bonds. The van der Waals surface area contributed by atoms with Crippen molar-refractivity contribution in [2.24, 2.45) is 0 Å². The summed E-state index contributed by atoms with van der Waals surface area (Å²) < 4.78 is 0. The van der Waals surface area contributed by atoms with Gasteiger partial charge in [0, 0.05) is 17.3 Å². The van der Waals surface area contributed by atoms with Crippen LogP contribution in [0.3, 0.4) is 0 Å². The van der Waals surface area contributed by atoms with Gasteiger partial charge < -0.3 is 5.32 Å². The van der Waals surface area contributed by atoms with Gasteiger partial charge in [0.1, 0.15) is 0 Å². The van der Waals surface area contributed by atoms with E-state index in [0.29, 0.717) is 0 Å². The molecule has 0 heterocycles. The zero-order valence-corrected chi connectivity index (χ0v) is 13.0. The highest BCUT2D eigenvalue weighted by Crippen LogP contribution is 2.19. The Morgan fingerprint density at radius 2 is 1.80 bits per heavy atom. The van der Waals surface area contributed by atoms with Crippen LogP contribution in [-0.4, -0.2) is 0 Å². The maximum absolute atomic E-state index is 6.24. The van der Waals surface area contributed by atoms with Crippen LogP contribution in [0.4, 0.5) is 5.69 Å². The molecule has 0 atom stereocenters. The average molecular weight is 288 g/mol. The zero-order chi connectivity index (χ0) is 14.4. The number of unbranched alkanes of at least 4 members (excludes halogenated alkanes) is 1. The Bertz CT molecular complexity index is 546. The molecule has 0 aliphatic rings. The summed E-state index contributed by atoms with van der Waals surface area (Å²) >= 11 is 6.24. The van der Waals surface area contributed by atoms with Crippen LogP contribution in [0, 0.1) is 6.92 Å². The van der Waals surface area contributed by atoms with Gasteiger partial charge in [0.05, 0.1) is 0 Å². The Morgan fingerprint density at radius 1 is 1.05 bits per heavy atom. The summed E-state index contributed by atoms with van der Waals surface area (Å²) in [5.41, 5.74) is 4.87. The summed E-state index contributed by atoms with van der Waals surface area (Å²) in [6.07, 6.45) is 3.66. The van der Waals surface area contributed by atoms with Crippen molar-refractivity contribution in [3.63, 3.8) is 0 Å². The van der Waals surface area contributed by atoms with Gasteiger partial charge in [-0.1, -0.05) is 49.2 Å². The Labute approximate surface area is 127 Å². The minimum atomic E-state index is 0.757. The van der Waals surface area contributed by atoms with Gasteiger partial charge in [-0.2, -0.15) is 0 Å².